The first-order chi connectivity index (χ1) is 12.9. The molecule has 10 heteroatoms. The van der Waals surface area contributed by atoms with E-state index in [1.54, 1.807) is 24.3 Å². The van der Waals surface area contributed by atoms with Crippen LogP contribution in [0.3, 0.4) is 0 Å². The summed E-state index contributed by atoms with van der Waals surface area (Å²) in [6.07, 6.45) is 2.12. The van der Waals surface area contributed by atoms with Gasteiger partial charge in [0.1, 0.15) is 12.3 Å². The normalized spacial score (nSPS) is 11.2. The Morgan fingerprint density at radius 1 is 1.22 bits per heavy atom. The van der Waals surface area contributed by atoms with Crippen molar-refractivity contribution < 1.29 is 17.9 Å². The summed E-state index contributed by atoms with van der Waals surface area (Å²) in [5, 5.41) is 6.81. The van der Waals surface area contributed by atoms with Crippen LogP contribution in [0.1, 0.15) is 5.69 Å². The molecular weight excluding hydrogens is 392 g/mol. The van der Waals surface area contributed by atoms with Crippen LogP contribution in [0.15, 0.2) is 64.8 Å². The lowest BCUT2D eigenvalue weighted by molar-refractivity contribution is 0.140. The molecule has 1 N–H and O–H groups in total. The number of pyridine rings is 1. The van der Waals surface area contributed by atoms with Gasteiger partial charge in [0, 0.05) is 25.5 Å². The van der Waals surface area contributed by atoms with Crippen LogP contribution >= 0.6 is 11.6 Å². The average Bonchev–Trinajstić information content (AvgIpc) is 3.12. The number of amides is 1. The van der Waals surface area contributed by atoms with Crippen molar-refractivity contribution in [3.8, 4) is 5.69 Å². The maximum absolute atomic E-state index is 13.1. The van der Waals surface area contributed by atoms with Gasteiger partial charge in [0.05, 0.1) is 15.6 Å². The fourth-order valence-corrected chi connectivity index (χ4v) is 3.91. The largest absolute Gasteiger partial charge is 0.443 e. The van der Waals surface area contributed by atoms with Crippen molar-refractivity contribution in [1.82, 2.24) is 20.1 Å². The average molecular weight is 407 g/mol. The second-order valence-electron chi connectivity index (χ2n) is 5.35. The first-order valence-electron chi connectivity index (χ1n) is 7.77. The highest BCUT2D eigenvalue weighted by atomic mass is 35.5. The molecular formula is C17H15ClN4O4S. The van der Waals surface area contributed by atoms with Crippen molar-refractivity contribution in [3.05, 3.63) is 65.6 Å². The van der Waals surface area contributed by atoms with Crippen LogP contribution in [0.4, 0.5) is 4.79 Å². The first-order valence-corrected chi connectivity index (χ1v) is 9.63. The number of rotatable bonds is 5. The lowest BCUT2D eigenvalue weighted by Gasteiger charge is -2.09. The molecule has 27 heavy (non-hydrogen) atoms. The molecule has 0 aliphatic rings. The predicted octanol–water partition coefficient (Wildman–Crippen LogP) is 2.61. The lowest BCUT2D eigenvalue weighted by Crippen LogP contribution is -2.19. The summed E-state index contributed by atoms with van der Waals surface area (Å²) in [5.41, 5.74) is 0.643. The summed E-state index contributed by atoms with van der Waals surface area (Å²) in [6, 6.07) is 10.8. The Bertz CT molecular complexity index is 1070. The molecule has 0 atom stereocenters. The molecule has 0 spiro atoms. The number of aromatic nitrogens is 3. The molecule has 2 aromatic heterocycles. The number of benzene rings is 1. The Labute approximate surface area is 160 Å². The third-order valence-electron chi connectivity index (χ3n) is 3.60. The predicted molar refractivity (Wildman–Crippen MR) is 97.5 cm³/mol. The van der Waals surface area contributed by atoms with Gasteiger partial charge in [-0.2, -0.15) is 5.10 Å². The summed E-state index contributed by atoms with van der Waals surface area (Å²) < 4.78 is 32.4. The van der Waals surface area contributed by atoms with E-state index in [1.165, 1.54) is 42.3 Å². The molecule has 1 amide bonds. The zero-order chi connectivity index (χ0) is 19.4. The van der Waals surface area contributed by atoms with E-state index in [1.807, 2.05) is 0 Å². The van der Waals surface area contributed by atoms with E-state index < -0.39 is 15.9 Å². The van der Waals surface area contributed by atoms with Crippen LogP contribution in [0.25, 0.3) is 5.69 Å². The molecule has 0 saturated carbocycles. The van der Waals surface area contributed by atoms with Crippen molar-refractivity contribution in [2.45, 2.75) is 16.5 Å². The van der Waals surface area contributed by atoms with Crippen molar-refractivity contribution in [2.24, 2.45) is 0 Å². The highest BCUT2D eigenvalue weighted by Gasteiger charge is 2.26. The molecule has 3 rings (SSSR count). The first kappa shape index (κ1) is 18.9. The van der Waals surface area contributed by atoms with Gasteiger partial charge in [-0.05, 0) is 24.3 Å². The molecule has 0 bridgehead atoms. The maximum Gasteiger partial charge on any atom is 0.407 e. The van der Waals surface area contributed by atoms with Gasteiger partial charge in [0.25, 0.3) is 0 Å². The molecule has 0 aliphatic carbocycles. The Hall–Kier alpha value is -2.91. The summed E-state index contributed by atoms with van der Waals surface area (Å²) in [4.78, 5) is 15.2. The monoisotopic (exact) mass is 406 g/mol. The van der Waals surface area contributed by atoms with Crippen LogP contribution < -0.4 is 5.32 Å². The molecule has 0 unspecified atom stereocenters. The number of halogens is 1. The molecule has 0 fully saturated rings. The number of hydrogen-bond acceptors (Lipinski definition) is 6. The van der Waals surface area contributed by atoms with E-state index in [4.69, 9.17) is 16.3 Å². The topological polar surface area (TPSA) is 103 Å². The Kier molecular flexibility index (Phi) is 5.43. The fourth-order valence-electron chi connectivity index (χ4n) is 2.32. The Balaban J connectivity index is 2.12. The number of para-hydroxylation sites is 1. The van der Waals surface area contributed by atoms with Crippen molar-refractivity contribution in [3.63, 3.8) is 0 Å². The number of carbonyl (C=O) groups excluding carboxylic acids is 1. The van der Waals surface area contributed by atoms with Gasteiger partial charge in [-0.15, -0.1) is 0 Å². The van der Waals surface area contributed by atoms with E-state index >= 15 is 0 Å². The summed E-state index contributed by atoms with van der Waals surface area (Å²) in [5.74, 6) is 0. The van der Waals surface area contributed by atoms with E-state index in [9.17, 15) is 13.2 Å². The van der Waals surface area contributed by atoms with Gasteiger partial charge in [0.15, 0.2) is 5.03 Å². The zero-order valence-electron chi connectivity index (χ0n) is 14.2. The van der Waals surface area contributed by atoms with Gasteiger partial charge < -0.3 is 10.1 Å². The van der Waals surface area contributed by atoms with E-state index in [0.717, 1.165) is 0 Å². The zero-order valence-corrected chi connectivity index (χ0v) is 15.7. The molecule has 1 aromatic carbocycles. The van der Waals surface area contributed by atoms with Gasteiger partial charge in [0.2, 0.25) is 9.84 Å². The molecule has 0 radical (unpaired) electrons. The van der Waals surface area contributed by atoms with E-state index in [2.05, 4.69) is 15.4 Å². The minimum Gasteiger partial charge on any atom is -0.443 e. The Morgan fingerprint density at radius 3 is 2.59 bits per heavy atom. The molecule has 8 nitrogen and oxygen atoms in total. The van der Waals surface area contributed by atoms with Gasteiger partial charge >= 0.3 is 6.09 Å². The smallest absolute Gasteiger partial charge is 0.407 e. The SMILES string of the molecule is CNC(=O)OCc1cc(S(=O)(=O)c2ccncc2)n(-c2ccccc2Cl)n1. The lowest BCUT2D eigenvalue weighted by atomic mass is 10.3. The van der Waals surface area contributed by atoms with Gasteiger partial charge in [-0.3, -0.25) is 4.98 Å². The highest BCUT2D eigenvalue weighted by Crippen LogP contribution is 2.27. The number of hydrogen-bond donors (Lipinski definition) is 1. The Morgan fingerprint density at radius 2 is 1.93 bits per heavy atom. The highest BCUT2D eigenvalue weighted by molar-refractivity contribution is 7.91. The fraction of sp³-hybridized carbons (Fsp3) is 0.118. The van der Waals surface area contributed by atoms with Crippen LogP contribution in [0.2, 0.25) is 5.02 Å². The van der Waals surface area contributed by atoms with Gasteiger partial charge in [-0.1, -0.05) is 23.7 Å². The van der Waals surface area contributed by atoms with Crippen LogP contribution in [0, 0.1) is 0 Å². The molecule has 3 aromatic rings. The third kappa shape index (κ3) is 3.93. The quantitative estimate of drug-likeness (QED) is 0.698. The van der Waals surface area contributed by atoms with Crippen molar-refractivity contribution >= 4 is 27.5 Å². The minimum atomic E-state index is -3.91. The van der Waals surface area contributed by atoms with Crippen molar-refractivity contribution in [2.75, 3.05) is 7.05 Å². The standard InChI is InChI=1S/C17H15ClN4O4S/c1-19-17(23)26-11-12-10-16(27(24,25)13-6-8-20-9-7-13)22(21-12)15-5-3-2-4-14(15)18/h2-10H,11H2,1H3,(H,19,23). The summed E-state index contributed by atoms with van der Waals surface area (Å²) >= 11 is 6.23. The van der Waals surface area contributed by atoms with Crippen LogP contribution in [-0.2, 0) is 21.2 Å². The number of ether oxygens (including phenoxy) is 1. The number of nitrogens with zero attached hydrogens (tertiary/aromatic N) is 3. The second-order valence-corrected chi connectivity index (χ2v) is 7.65. The number of alkyl carbamates (subject to hydrolysis) is 1. The summed E-state index contributed by atoms with van der Waals surface area (Å²) in [7, 11) is -2.49. The molecule has 140 valence electrons. The maximum atomic E-state index is 13.1. The summed E-state index contributed by atoms with van der Waals surface area (Å²) in [6.45, 7) is -0.198. The molecule has 2 heterocycles. The van der Waals surface area contributed by atoms with E-state index in [0.29, 0.717) is 10.7 Å². The van der Waals surface area contributed by atoms with E-state index in [-0.39, 0.29) is 22.2 Å². The number of sulfone groups is 1. The van der Waals surface area contributed by atoms with Crippen molar-refractivity contribution in [1.29, 1.82) is 0 Å². The molecule has 0 aliphatic heterocycles. The number of nitrogens with one attached hydrogen (secondary N) is 1. The third-order valence-corrected chi connectivity index (χ3v) is 5.65. The number of carbonyl (C=O) groups is 1. The minimum absolute atomic E-state index is 0.0597. The second kappa shape index (κ2) is 7.77. The molecule has 0 saturated heterocycles. The van der Waals surface area contributed by atoms with Crippen LogP contribution in [0.5, 0.6) is 0 Å². The van der Waals surface area contributed by atoms with Crippen LogP contribution in [-0.4, -0.2) is 36.3 Å². The van der Waals surface area contributed by atoms with Gasteiger partial charge in [-0.25, -0.2) is 17.9 Å².